The zero-order valence-electron chi connectivity index (χ0n) is 23.8. The van der Waals surface area contributed by atoms with Gasteiger partial charge in [-0.05, 0) is 67.0 Å². The largest absolute Gasteiger partial charge is 0.298 e. The average molecular weight is 577 g/mol. The summed E-state index contributed by atoms with van der Waals surface area (Å²) in [6, 6.07) is 28.0. The van der Waals surface area contributed by atoms with E-state index in [2.05, 4.69) is 29.0 Å². The Labute approximate surface area is 246 Å². The van der Waals surface area contributed by atoms with Crippen molar-refractivity contribution in [3.63, 3.8) is 0 Å². The van der Waals surface area contributed by atoms with Crippen molar-refractivity contribution in [2.45, 2.75) is 38.5 Å². The van der Waals surface area contributed by atoms with E-state index in [1.807, 2.05) is 68.4 Å². The van der Waals surface area contributed by atoms with Gasteiger partial charge in [-0.15, -0.1) is 0 Å². The van der Waals surface area contributed by atoms with E-state index in [0.717, 1.165) is 58.3 Å². The summed E-state index contributed by atoms with van der Waals surface area (Å²) >= 11 is 0. The number of fused-ring (bicyclic) bond motifs is 3. The second-order valence-corrected chi connectivity index (χ2v) is 13.3. The standard InChI is InChI=1S/C34H32N4O3S/c1-21-30-16-15-29-31(25-11-7-9-23(17-25)24-10-8-14-28(18-24)38-42(3,40)41)36-22(2)37-33(29)34(30,19-26(20-35)32(21)39)27-12-5-4-6-13-27/h4-14,17-18,21,26,30,38H,15-16,19H2,1-3H3/t21-,26?,30-,34-/m0/s1. The van der Waals surface area contributed by atoms with Crippen molar-refractivity contribution in [2.75, 3.05) is 11.0 Å². The van der Waals surface area contributed by atoms with Crippen molar-refractivity contribution in [2.24, 2.45) is 17.8 Å². The minimum absolute atomic E-state index is 0.0306. The molecule has 2 aliphatic carbocycles. The first-order chi connectivity index (χ1) is 20.1. The first kappa shape index (κ1) is 27.8. The minimum atomic E-state index is -3.40. The molecule has 4 aromatic rings. The van der Waals surface area contributed by atoms with Crippen molar-refractivity contribution in [3.05, 3.63) is 102 Å². The van der Waals surface area contributed by atoms with Gasteiger partial charge in [-0.1, -0.05) is 67.6 Å². The Bertz CT molecular complexity index is 1850. The highest BCUT2D eigenvalue weighted by molar-refractivity contribution is 7.92. The number of nitriles is 1. The normalized spacial score (nSPS) is 23.4. The molecule has 0 spiro atoms. The van der Waals surface area contributed by atoms with Gasteiger partial charge in [-0.2, -0.15) is 5.26 Å². The van der Waals surface area contributed by atoms with Gasteiger partial charge in [-0.25, -0.2) is 18.4 Å². The highest BCUT2D eigenvalue weighted by Gasteiger charge is 2.56. The Hall–Kier alpha value is -4.35. The average Bonchev–Trinajstić information content (AvgIpc) is 2.98. The van der Waals surface area contributed by atoms with E-state index < -0.39 is 21.4 Å². The van der Waals surface area contributed by atoms with E-state index in [1.54, 1.807) is 6.07 Å². The molecule has 7 nitrogen and oxygen atoms in total. The molecule has 0 saturated heterocycles. The lowest BCUT2D eigenvalue weighted by atomic mass is 9.50. The van der Waals surface area contributed by atoms with Crippen LogP contribution in [0.4, 0.5) is 5.69 Å². The summed E-state index contributed by atoms with van der Waals surface area (Å²) in [5.41, 5.74) is 6.60. The summed E-state index contributed by atoms with van der Waals surface area (Å²) in [6.07, 6.45) is 3.07. The molecule has 0 amide bonds. The number of hydrogen-bond donors (Lipinski definition) is 1. The summed E-state index contributed by atoms with van der Waals surface area (Å²) in [4.78, 5) is 23.3. The molecule has 1 N–H and O–H groups in total. The number of Topliss-reactive ketones (excluding diaryl/α,β-unsaturated/α-hetero) is 1. The van der Waals surface area contributed by atoms with Crippen LogP contribution < -0.4 is 4.72 Å². The molecule has 6 rings (SSSR count). The van der Waals surface area contributed by atoms with Crippen LogP contribution in [-0.4, -0.2) is 30.4 Å². The van der Waals surface area contributed by atoms with Crippen molar-refractivity contribution < 1.29 is 13.2 Å². The number of ketones is 1. The van der Waals surface area contributed by atoms with E-state index >= 15 is 0 Å². The topological polar surface area (TPSA) is 113 Å². The van der Waals surface area contributed by atoms with Gasteiger partial charge >= 0.3 is 0 Å². The predicted octanol–water partition coefficient (Wildman–Crippen LogP) is 6.09. The molecular weight excluding hydrogens is 544 g/mol. The van der Waals surface area contributed by atoms with E-state index in [-0.39, 0.29) is 17.6 Å². The summed E-state index contributed by atoms with van der Waals surface area (Å²) in [5, 5.41) is 10.0. The maximum atomic E-state index is 13.2. The van der Waals surface area contributed by atoms with Gasteiger partial charge in [-0.3, -0.25) is 9.52 Å². The fourth-order valence-corrected chi connectivity index (χ4v) is 7.72. The summed E-state index contributed by atoms with van der Waals surface area (Å²) < 4.78 is 26.2. The second kappa shape index (κ2) is 10.5. The first-order valence-electron chi connectivity index (χ1n) is 14.2. The van der Waals surface area contributed by atoms with Crippen LogP contribution in [0, 0.1) is 36.0 Å². The number of nitrogens with zero attached hydrogens (tertiary/aromatic N) is 3. The Morgan fingerprint density at radius 3 is 2.36 bits per heavy atom. The lowest BCUT2D eigenvalue weighted by Crippen LogP contribution is -2.53. The lowest BCUT2D eigenvalue weighted by Gasteiger charge is -2.51. The number of aryl methyl sites for hydroxylation is 1. The molecule has 212 valence electrons. The van der Waals surface area contributed by atoms with Crippen LogP contribution >= 0.6 is 0 Å². The monoisotopic (exact) mass is 576 g/mol. The van der Waals surface area contributed by atoms with Gasteiger partial charge in [0.15, 0.2) is 5.78 Å². The first-order valence-corrected chi connectivity index (χ1v) is 16.1. The Kier molecular flexibility index (Phi) is 6.94. The predicted molar refractivity (Wildman–Crippen MR) is 163 cm³/mol. The maximum Gasteiger partial charge on any atom is 0.229 e. The van der Waals surface area contributed by atoms with E-state index in [0.29, 0.717) is 17.9 Å². The SMILES string of the molecule is Cc1nc(-c2cccc(-c3cccc(NS(C)(=O)=O)c3)c2)c2c(n1)[C@]1(c3ccccc3)CC(C#N)C(=O)[C@@H](C)[C@@H]1CC2. The number of benzene rings is 3. The van der Waals surface area contributed by atoms with Gasteiger partial charge in [0.05, 0.1) is 23.7 Å². The minimum Gasteiger partial charge on any atom is -0.298 e. The zero-order valence-corrected chi connectivity index (χ0v) is 24.7. The summed E-state index contributed by atoms with van der Waals surface area (Å²) in [5.74, 6) is -0.252. The number of rotatable bonds is 5. The van der Waals surface area contributed by atoms with Crippen LogP contribution in [0.1, 0.15) is 42.4 Å². The quantitative estimate of drug-likeness (QED) is 0.308. The molecule has 8 heteroatoms. The highest BCUT2D eigenvalue weighted by Crippen LogP contribution is 2.56. The van der Waals surface area contributed by atoms with Gasteiger partial charge < -0.3 is 0 Å². The number of carbonyl (C=O) groups is 1. The van der Waals surface area contributed by atoms with Crippen molar-refractivity contribution in [1.29, 1.82) is 5.26 Å². The van der Waals surface area contributed by atoms with Crippen LogP contribution in [0.15, 0.2) is 78.9 Å². The third-order valence-corrected chi connectivity index (χ3v) is 9.49. The Morgan fingerprint density at radius 1 is 0.952 bits per heavy atom. The van der Waals surface area contributed by atoms with Gasteiger partial charge in [0.25, 0.3) is 0 Å². The molecule has 1 unspecified atom stereocenters. The molecule has 3 aromatic carbocycles. The number of hydrogen-bond acceptors (Lipinski definition) is 6. The third-order valence-electron chi connectivity index (χ3n) is 8.88. The van der Waals surface area contributed by atoms with Gasteiger partial charge in [0, 0.05) is 28.1 Å². The molecule has 0 aliphatic heterocycles. The van der Waals surface area contributed by atoms with Crippen molar-refractivity contribution in [3.8, 4) is 28.5 Å². The van der Waals surface area contributed by atoms with Crippen molar-refractivity contribution >= 4 is 21.5 Å². The van der Waals surface area contributed by atoms with E-state index in [9.17, 15) is 18.5 Å². The number of sulfonamides is 1. The molecule has 1 fully saturated rings. The molecule has 1 aromatic heterocycles. The van der Waals surface area contributed by atoms with Gasteiger partial charge in [0.1, 0.15) is 11.7 Å². The van der Waals surface area contributed by atoms with E-state index in [1.165, 1.54) is 0 Å². The molecule has 42 heavy (non-hydrogen) atoms. The van der Waals surface area contributed by atoms with Crippen molar-refractivity contribution in [1.82, 2.24) is 9.97 Å². The van der Waals surface area contributed by atoms with Crippen LogP contribution in [0.3, 0.4) is 0 Å². The van der Waals surface area contributed by atoms with E-state index in [4.69, 9.17) is 9.97 Å². The number of anilines is 1. The number of nitrogens with one attached hydrogen (secondary N) is 1. The smallest absolute Gasteiger partial charge is 0.229 e. The van der Waals surface area contributed by atoms with Crippen LogP contribution in [0.25, 0.3) is 22.4 Å². The highest BCUT2D eigenvalue weighted by atomic mass is 32.2. The summed E-state index contributed by atoms with van der Waals surface area (Å²) in [7, 11) is -3.40. The molecule has 4 atom stereocenters. The zero-order chi connectivity index (χ0) is 29.6. The maximum absolute atomic E-state index is 13.2. The van der Waals surface area contributed by atoms with Gasteiger partial charge in [0.2, 0.25) is 10.0 Å². The van der Waals surface area contributed by atoms with Crippen LogP contribution in [0.5, 0.6) is 0 Å². The number of carbonyl (C=O) groups excluding carboxylic acids is 1. The molecular formula is C34H32N4O3S. The summed E-state index contributed by atoms with van der Waals surface area (Å²) in [6.45, 7) is 3.87. The lowest BCUT2D eigenvalue weighted by molar-refractivity contribution is -0.131. The third kappa shape index (κ3) is 4.78. The fourth-order valence-electron chi connectivity index (χ4n) is 7.16. The van der Waals surface area contributed by atoms with Crippen LogP contribution in [-0.2, 0) is 26.7 Å². The Balaban J connectivity index is 1.52. The number of aromatic nitrogens is 2. The second-order valence-electron chi connectivity index (χ2n) is 11.5. The Morgan fingerprint density at radius 2 is 1.64 bits per heavy atom. The molecule has 0 radical (unpaired) electrons. The molecule has 2 aliphatic rings. The molecule has 1 heterocycles. The fraction of sp³-hybridized carbons (Fsp3) is 0.294. The van der Waals surface area contributed by atoms with Crippen LogP contribution in [0.2, 0.25) is 0 Å². The molecule has 0 bridgehead atoms. The molecule has 1 saturated carbocycles.